The maximum atomic E-state index is 13.3. The van der Waals surface area contributed by atoms with Crippen LogP contribution in [0.1, 0.15) is 11.6 Å². The predicted octanol–water partition coefficient (Wildman–Crippen LogP) is 3.02. The Morgan fingerprint density at radius 2 is 1.83 bits per heavy atom. The summed E-state index contributed by atoms with van der Waals surface area (Å²) in [5.74, 6) is -0.219. The first kappa shape index (κ1) is 21.2. The van der Waals surface area contributed by atoms with E-state index in [1.54, 1.807) is 24.3 Å². The van der Waals surface area contributed by atoms with Crippen molar-refractivity contribution in [2.75, 3.05) is 38.6 Å². The second-order valence-electron chi connectivity index (χ2n) is 6.56. The zero-order chi connectivity index (χ0) is 20.6. The van der Waals surface area contributed by atoms with E-state index in [0.29, 0.717) is 19.8 Å². The number of non-ortho nitro benzene ring substituents is 1. The lowest BCUT2D eigenvalue weighted by molar-refractivity contribution is -0.384. The van der Waals surface area contributed by atoms with Gasteiger partial charge in [0.15, 0.2) is 0 Å². The molecule has 0 bridgehead atoms. The van der Waals surface area contributed by atoms with Crippen molar-refractivity contribution < 1.29 is 18.8 Å². The maximum Gasteiger partial charge on any atom is 0.269 e. The van der Waals surface area contributed by atoms with Crippen LogP contribution in [0.2, 0.25) is 0 Å². The fourth-order valence-electron chi connectivity index (χ4n) is 3.11. The van der Waals surface area contributed by atoms with Crippen LogP contribution in [0.5, 0.6) is 0 Å². The van der Waals surface area contributed by atoms with E-state index in [9.17, 15) is 19.3 Å². The van der Waals surface area contributed by atoms with E-state index in [1.807, 2.05) is 0 Å². The van der Waals surface area contributed by atoms with Crippen LogP contribution in [-0.2, 0) is 9.53 Å². The van der Waals surface area contributed by atoms with Crippen molar-refractivity contribution in [1.29, 1.82) is 0 Å². The minimum atomic E-state index is -0.456. The lowest BCUT2D eigenvalue weighted by Gasteiger charge is -2.35. The van der Waals surface area contributed by atoms with Crippen LogP contribution in [0.25, 0.3) is 0 Å². The molecule has 0 aliphatic carbocycles. The lowest BCUT2D eigenvalue weighted by Crippen LogP contribution is -2.44. The molecule has 154 valence electrons. The van der Waals surface area contributed by atoms with E-state index in [2.05, 4.69) is 10.2 Å². The summed E-state index contributed by atoms with van der Waals surface area (Å²) in [5.41, 5.74) is 0.961. The van der Waals surface area contributed by atoms with Crippen molar-refractivity contribution in [2.45, 2.75) is 10.9 Å². The fourth-order valence-corrected chi connectivity index (χ4v) is 3.83. The van der Waals surface area contributed by atoms with Crippen molar-refractivity contribution in [3.63, 3.8) is 0 Å². The molecule has 0 saturated carbocycles. The minimum Gasteiger partial charge on any atom is -0.379 e. The Balaban J connectivity index is 1.55. The van der Waals surface area contributed by atoms with Gasteiger partial charge >= 0.3 is 0 Å². The number of morpholine rings is 1. The Morgan fingerprint density at radius 3 is 2.45 bits per heavy atom. The van der Waals surface area contributed by atoms with Crippen molar-refractivity contribution in [3.05, 3.63) is 70.0 Å². The van der Waals surface area contributed by atoms with E-state index in [0.717, 1.165) is 23.5 Å². The van der Waals surface area contributed by atoms with Gasteiger partial charge in [-0.1, -0.05) is 12.1 Å². The van der Waals surface area contributed by atoms with E-state index < -0.39 is 4.92 Å². The first-order chi connectivity index (χ1) is 14.0. The number of nitrogens with one attached hydrogen (secondary N) is 1. The quantitative estimate of drug-likeness (QED) is 0.402. The van der Waals surface area contributed by atoms with E-state index in [4.69, 9.17) is 4.74 Å². The van der Waals surface area contributed by atoms with Crippen LogP contribution < -0.4 is 5.32 Å². The van der Waals surface area contributed by atoms with Gasteiger partial charge in [0.1, 0.15) is 5.82 Å². The van der Waals surface area contributed by atoms with Crippen LogP contribution in [-0.4, -0.2) is 54.3 Å². The minimum absolute atomic E-state index is 0.0199. The van der Waals surface area contributed by atoms with E-state index >= 15 is 0 Å². The number of nitrogens with zero attached hydrogens (tertiary/aromatic N) is 2. The summed E-state index contributed by atoms with van der Waals surface area (Å²) in [6, 6.07) is 12.4. The third kappa shape index (κ3) is 6.25. The third-order valence-corrected chi connectivity index (χ3v) is 5.66. The molecule has 0 aromatic heterocycles. The number of nitro benzene ring substituents is 1. The van der Waals surface area contributed by atoms with Crippen LogP contribution in [0.15, 0.2) is 53.4 Å². The molecule has 1 unspecified atom stereocenters. The number of nitro groups is 1. The molecule has 1 N–H and O–H groups in total. The van der Waals surface area contributed by atoms with Gasteiger partial charge in [-0.05, 0) is 29.8 Å². The molecular weight excluding hydrogens is 397 g/mol. The maximum absolute atomic E-state index is 13.3. The van der Waals surface area contributed by atoms with E-state index in [-0.39, 0.29) is 29.2 Å². The number of hydrogen-bond donors (Lipinski definition) is 1. The Hall–Kier alpha value is -2.49. The largest absolute Gasteiger partial charge is 0.379 e. The van der Waals surface area contributed by atoms with Gasteiger partial charge in [-0.3, -0.25) is 19.8 Å². The molecule has 0 spiro atoms. The molecule has 3 rings (SSSR count). The SMILES string of the molecule is O=C(CSc1ccc([N+](=O)[O-])cc1)NCC(c1ccc(F)cc1)N1CCOCC1. The number of carbonyl (C=O) groups is 1. The monoisotopic (exact) mass is 419 g/mol. The first-order valence-electron chi connectivity index (χ1n) is 9.24. The predicted molar refractivity (Wildman–Crippen MR) is 108 cm³/mol. The molecule has 1 saturated heterocycles. The molecule has 29 heavy (non-hydrogen) atoms. The molecule has 1 atom stereocenters. The van der Waals surface area contributed by atoms with Gasteiger partial charge in [-0.2, -0.15) is 0 Å². The standard InChI is InChI=1S/C20H22FN3O4S/c21-16-3-1-15(2-4-16)19(23-9-11-28-12-10-23)13-22-20(25)14-29-18-7-5-17(6-8-18)24(26)27/h1-8,19H,9-14H2,(H,22,25). The summed E-state index contributed by atoms with van der Waals surface area (Å²) in [7, 11) is 0. The number of rotatable bonds is 8. The van der Waals surface area contributed by atoms with Crippen molar-refractivity contribution in [1.82, 2.24) is 10.2 Å². The summed E-state index contributed by atoms with van der Waals surface area (Å²) in [6.45, 7) is 3.15. The lowest BCUT2D eigenvalue weighted by atomic mass is 10.0. The Morgan fingerprint density at radius 1 is 1.17 bits per heavy atom. The summed E-state index contributed by atoms with van der Waals surface area (Å²) in [6.07, 6.45) is 0. The molecule has 1 aliphatic rings. The number of hydrogen-bond acceptors (Lipinski definition) is 6. The number of carbonyl (C=O) groups excluding carboxylic acids is 1. The highest BCUT2D eigenvalue weighted by Gasteiger charge is 2.23. The summed E-state index contributed by atoms with van der Waals surface area (Å²) < 4.78 is 18.7. The topological polar surface area (TPSA) is 84.7 Å². The molecule has 1 heterocycles. The molecule has 2 aromatic carbocycles. The molecule has 1 amide bonds. The van der Waals surface area contributed by atoms with Gasteiger partial charge < -0.3 is 10.1 Å². The number of ether oxygens (including phenoxy) is 1. The highest BCUT2D eigenvalue weighted by atomic mass is 32.2. The molecule has 7 nitrogen and oxygen atoms in total. The zero-order valence-electron chi connectivity index (χ0n) is 15.8. The number of thioether (sulfide) groups is 1. The smallest absolute Gasteiger partial charge is 0.269 e. The Labute approximate surface area is 172 Å². The van der Waals surface area contributed by atoms with Crippen molar-refractivity contribution in [2.24, 2.45) is 0 Å². The number of halogens is 1. The van der Waals surface area contributed by atoms with E-state index in [1.165, 1.54) is 36.0 Å². The highest BCUT2D eigenvalue weighted by Crippen LogP contribution is 2.23. The summed E-state index contributed by atoms with van der Waals surface area (Å²) in [4.78, 5) is 25.6. The fraction of sp³-hybridized carbons (Fsp3) is 0.350. The highest BCUT2D eigenvalue weighted by molar-refractivity contribution is 8.00. The van der Waals surface area contributed by atoms with Crippen molar-refractivity contribution >= 4 is 23.4 Å². The second kappa shape index (κ2) is 10.3. The number of benzene rings is 2. The van der Waals surface area contributed by atoms with Crippen LogP contribution in [0, 0.1) is 15.9 Å². The average molecular weight is 419 g/mol. The van der Waals surface area contributed by atoms with Crippen LogP contribution in [0.3, 0.4) is 0 Å². The van der Waals surface area contributed by atoms with Gasteiger partial charge in [0.2, 0.25) is 5.91 Å². The molecule has 1 aliphatic heterocycles. The number of amides is 1. The Bertz CT molecular complexity index is 827. The Kier molecular flexibility index (Phi) is 7.56. The normalized spacial score (nSPS) is 15.6. The van der Waals surface area contributed by atoms with Gasteiger partial charge in [0, 0.05) is 36.7 Å². The van der Waals surface area contributed by atoms with Gasteiger partial charge in [0.05, 0.1) is 29.9 Å². The van der Waals surface area contributed by atoms with Gasteiger partial charge in [-0.25, -0.2) is 4.39 Å². The first-order valence-corrected chi connectivity index (χ1v) is 10.2. The molecule has 2 aromatic rings. The molecule has 0 radical (unpaired) electrons. The molecular formula is C20H22FN3O4S. The van der Waals surface area contributed by atoms with Gasteiger partial charge in [-0.15, -0.1) is 11.8 Å². The van der Waals surface area contributed by atoms with Crippen LogP contribution in [0.4, 0.5) is 10.1 Å². The summed E-state index contributed by atoms with van der Waals surface area (Å²) in [5, 5.41) is 13.6. The van der Waals surface area contributed by atoms with Gasteiger partial charge in [0.25, 0.3) is 5.69 Å². The molecule has 1 fully saturated rings. The average Bonchev–Trinajstić information content (AvgIpc) is 2.74. The molecule has 9 heteroatoms. The third-order valence-electron chi connectivity index (χ3n) is 4.65. The summed E-state index contributed by atoms with van der Waals surface area (Å²) >= 11 is 1.32. The van der Waals surface area contributed by atoms with Crippen LogP contribution >= 0.6 is 11.8 Å². The second-order valence-corrected chi connectivity index (χ2v) is 7.61. The van der Waals surface area contributed by atoms with Crippen molar-refractivity contribution in [3.8, 4) is 0 Å². The zero-order valence-corrected chi connectivity index (χ0v) is 16.6.